The van der Waals surface area contributed by atoms with Gasteiger partial charge in [-0.15, -0.1) is 11.8 Å². The molecule has 3 rings (SSSR count). The van der Waals surface area contributed by atoms with Gasteiger partial charge in [-0.2, -0.15) is 0 Å². The molecule has 0 radical (unpaired) electrons. The van der Waals surface area contributed by atoms with Gasteiger partial charge in [0.25, 0.3) is 0 Å². The van der Waals surface area contributed by atoms with Gasteiger partial charge < -0.3 is 10.2 Å². The van der Waals surface area contributed by atoms with E-state index in [4.69, 9.17) is 46.4 Å². The van der Waals surface area contributed by atoms with Crippen LogP contribution in [0.2, 0.25) is 20.1 Å². The van der Waals surface area contributed by atoms with Crippen LogP contribution in [-0.2, 0) is 21.9 Å². The van der Waals surface area contributed by atoms with Crippen molar-refractivity contribution in [3.8, 4) is 0 Å². The number of carbonyl (C=O) groups excluding carboxylic acids is 2. The predicted octanol–water partition coefficient (Wildman–Crippen LogP) is 7.40. The standard InChI is InChI=1S/C25H28Cl4N2O2S/c1-2-23(25(33)30-17-6-3-4-7-17)31(13-16-10-11-21(28)22(29)12-16)24(32)15-34-14-18-19(26)8-5-9-20(18)27/h5,8-12,17,23H,2-4,6-7,13-15H2,1H3,(H,30,33)/t23-/m0/s1. The number of hydrogen-bond acceptors (Lipinski definition) is 3. The van der Waals surface area contributed by atoms with Crippen molar-refractivity contribution in [1.29, 1.82) is 0 Å². The van der Waals surface area contributed by atoms with Crippen molar-refractivity contribution >= 4 is 70.0 Å². The Hall–Kier alpha value is -1.11. The van der Waals surface area contributed by atoms with Gasteiger partial charge in [0.1, 0.15) is 6.04 Å². The molecule has 0 aromatic heterocycles. The summed E-state index contributed by atoms with van der Waals surface area (Å²) in [4.78, 5) is 28.2. The lowest BCUT2D eigenvalue weighted by Crippen LogP contribution is -2.51. The van der Waals surface area contributed by atoms with Crippen molar-refractivity contribution in [2.75, 3.05) is 5.75 Å². The van der Waals surface area contributed by atoms with Crippen LogP contribution in [0.15, 0.2) is 36.4 Å². The van der Waals surface area contributed by atoms with E-state index in [9.17, 15) is 9.59 Å². The van der Waals surface area contributed by atoms with Crippen molar-refractivity contribution in [2.24, 2.45) is 0 Å². The molecule has 0 saturated heterocycles. The first-order valence-corrected chi connectivity index (χ1v) is 14.0. The molecular formula is C25H28Cl4N2O2S. The summed E-state index contributed by atoms with van der Waals surface area (Å²) >= 11 is 26.2. The lowest BCUT2D eigenvalue weighted by molar-refractivity contribution is -0.139. The molecule has 2 aromatic carbocycles. The lowest BCUT2D eigenvalue weighted by Gasteiger charge is -2.31. The molecule has 1 N–H and O–H groups in total. The summed E-state index contributed by atoms with van der Waals surface area (Å²) in [5.74, 6) is 0.445. The summed E-state index contributed by atoms with van der Waals surface area (Å²) in [5, 5.41) is 5.15. The topological polar surface area (TPSA) is 49.4 Å². The molecule has 1 fully saturated rings. The molecule has 2 amide bonds. The van der Waals surface area contributed by atoms with Gasteiger partial charge in [0.15, 0.2) is 0 Å². The van der Waals surface area contributed by atoms with Crippen molar-refractivity contribution < 1.29 is 9.59 Å². The molecule has 0 bridgehead atoms. The van der Waals surface area contributed by atoms with Crippen LogP contribution in [0, 0.1) is 0 Å². The average Bonchev–Trinajstić information content (AvgIpc) is 3.31. The number of benzene rings is 2. The maximum absolute atomic E-state index is 13.4. The van der Waals surface area contributed by atoms with E-state index in [0.717, 1.165) is 36.8 Å². The van der Waals surface area contributed by atoms with Crippen LogP contribution in [0.25, 0.3) is 0 Å². The van der Waals surface area contributed by atoms with Gasteiger partial charge in [0.2, 0.25) is 11.8 Å². The highest BCUT2D eigenvalue weighted by atomic mass is 35.5. The van der Waals surface area contributed by atoms with E-state index in [0.29, 0.717) is 32.3 Å². The molecule has 34 heavy (non-hydrogen) atoms. The Balaban J connectivity index is 1.75. The van der Waals surface area contributed by atoms with E-state index in [2.05, 4.69) is 5.32 Å². The Kier molecular flexibility index (Phi) is 10.7. The highest BCUT2D eigenvalue weighted by molar-refractivity contribution is 7.99. The third-order valence-electron chi connectivity index (χ3n) is 5.96. The van der Waals surface area contributed by atoms with E-state index in [1.807, 2.05) is 13.0 Å². The zero-order valence-electron chi connectivity index (χ0n) is 19.0. The second-order valence-electron chi connectivity index (χ2n) is 8.38. The third-order valence-corrected chi connectivity index (χ3v) is 8.35. The van der Waals surface area contributed by atoms with Crippen LogP contribution in [0.5, 0.6) is 0 Å². The van der Waals surface area contributed by atoms with Crippen LogP contribution in [-0.4, -0.2) is 34.6 Å². The fraction of sp³-hybridized carbons (Fsp3) is 0.440. The second kappa shape index (κ2) is 13.3. The lowest BCUT2D eigenvalue weighted by atomic mass is 10.1. The molecule has 184 valence electrons. The SMILES string of the molecule is CC[C@@H](C(=O)NC1CCCC1)N(Cc1ccc(Cl)c(Cl)c1)C(=O)CSCc1c(Cl)cccc1Cl. The number of amides is 2. The fourth-order valence-corrected chi connectivity index (χ4v) is 6.08. The van der Waals surface area contributed by atoms with E-state index in [1.54, 1.807) is 35.2 Å². The van der Waals surface area contributed by atoms with Gasteiger partial charge in [-0.1, -0.05) is 78.3 Å². The largest absolute Gasteiger partial charge is 0.352 e. The molecule has 2 aromatic rings. The molecule has 0 spiro atoms. The Morgan fingerprint density at radius 3 is 2.32 bits per heavy atom. The maximum atomic E-state index is 13.4. The summed E-state index contributed by atoms with van der Waals surface area (Å²) in [5.41, 5.74) is 1.61. The number of nitrogens with one attached hydrogen (secondary N) is 1. The molecule has 0 unspecified atom stereocenters. The zero-order chi connectivity index (χ0) is 24.7. The van der Waals surface area contributed by atoms with Crippen LogP contribution < -0.4 is 5.32 Å². The molecule has 1 saturated carbocycles. The van der Waals surface area contributed by atoms with E-state index in [-0.39, 0.29) is 30.2 Å². The Morgan fingerprint density at radius 2 is 1.71 bits per heavy atom. The number of nitrogens with zero attached hydrogens (tertiary/aromatic N) is 1. The van der Waals surface area contributed by atoms with Gasteiger partial charge in [-0.3, -0.25) is 9.59 Å². The predicted molar refractivity (Wildman–Crippen MR) is 144 cm³/mol. The molecule has 1 aliphatic carbocycles. The molecular weight excluding hydrogens is 534 g/mol. The van der Waals surface area contributed by atoms with Gasteiger partial charge in [-0.25, -0.2) is 0 Å². The second-order valence-corrected chi connectivity index (χ2v) is 11.0. The van der Waals surface area contributed by atoms with E-state index < -0.39 is 6.04 Å². The quantitative estimate of drug-likeness (QED) is 0.329. The summed E-state index contributed by atoms with van der Waals surface area (Å²) in [6, 6.07) is 10.2. The Labute approximate surface area is 225 Å². The van der Waals surface area contributed by atoms with Gasteiger partial charge in [0.05, 0.1) is 15.8 Å². The number of rotatable bonds is 10. The van der Waals surface area contributed by atoms with Crippen molar-refractivity contribution in [3.05, 3.63) is 67.6 Å². The van der Waals surface area contributed by atoms with Gasteiger partial charge in [-0.05, 0) is 54.7 Å². The van der Waals surface area contributed by atoms with Crippen LogP contribution in [0.1, 0.15) is 50.2 Å². The average molecular weight is 562 g/mol. The first kappa shape index (κ1) is 27.5. The molecule has 4 nitrogen and oxygen atoms in total. The minimum Gasteiger partial charge on any atom is -0.352 e. The number of hydrogen-bond donors (Lipinski definition) is 1. The Morgan fingerprint density at radius 1 is 1.03 bits per heavy atom. The van der Waals surface area contributed by atoms with E-state index >= 15 is 0 Å². The number of thioether (sulfide) groups is 1. The first-order chi connectivity index (χ1) is 16.3. The molecule has 1 aliphatic rings. The number of halogens is 4. The van der Waals surface area contributed by atoms with Crippen LogP contribution >= 0.6 is 58.2 Å². The van der Waals surface area contributed by atoms with Crippen LogP contribution in [0.3, 0.4) is 0 Å². The minimum absolute atomic E-state index is 0.109. The normalized spacial score (nSPS) is 14.7. The molecule has 9 heteroatoms. The third kappa shape index (κ3) is 7.44. The van der Waals surface area contributed by atoms with E-state index in [1.165, 1.54) is 11.8 Å². The monoisotopic (exact) mass is 560 g/mol. The van der Waals surface area contributed by atoms with Crippen LogP contribution in [0.4, 0.5) is 0 Å². The zero-order valence-corrected chi connectivity index (χ0v) is 22.8. The molecule has 1 atom stereocenters. The smallest absolute Gasteiger partial charge is 0.243 e. The van der Waals surface area contributed by atoms with Crippen molar-refractivity contribution in [1.82, 2.24) is 10.2 Å². The summed E-state index contributed by atoms with van der Waals surface area (Å²) in [6.45, 7) is 2.18. The summed E-state index contributed by atoms with van der Waals surface area (Å²) < 4.78 is 0. The van der Waals surface area contributed by atoms with Gasteiger partial charge >= 0.3 is 0 Å². The number of carbonyl (C=O) groups is 2. The molecule has 0 heterocycles. The maximum Gasteiger partial charge on any atom is 0.243 e. The highest BCUT2D eigenvalue weighted by Crippen LogP contribution is 2.29. The summed E-state index contributed by atoms with van der Waals surface area (Å²) in [7, 11) is 0. The highest BCUT2D eigenvalue weighted by Gasteiger charge is 2.30. The van der Waals surface area contributed by atoms with Crippen molar-refractivity contribution in [2.45, 2.75) is 63.4 Å². The van der Waals surface area contributed by atoms with Crippen molar-refractivity contribution in [3.63, 3.8) is 0 Å². The fourth-order valence-electron chi connectivity index (χ4n) is 4.12. The first-order valence-electron chi connectivity index (χ1n) is 11.3. The minimum atomic E-state index is -0.577. The van der Waals surface area contributed by atoms with Gasteiger partial charge in [0, 0.05) is 28.4 Å². The molecule has 0 aliphatic heterocycles. The Bertz CT molecular complexity index is 994. The summed E-state index contributed by atoms with van der Waals surface area (Å²) in [6.07, 6.45) is 4.71.